The highest BCUT2D eigenvalue weighted by Crippen LogP contribution is 2.33. The molecule has 0 aliphatic heterocycles. The first-order valence-electron chi connectivity index (χ1n) is 9.88. The lowest BCUT2D eigenvalue weighted by molar-refractivity contribution is 0.0974. The SMILES string of the molecule is COc1c(C)cc(Br)cc1C(=O)NC(=S)Nc1ccc(Cl)c(-c2nc3cc(C)ccc3o2)c1. The Hall–Kier alpha value is -2.94. The van der Waals surface area contributed by atoms with Gasteiger partial charge >= 0.3 is 0 Å². The number of nitrogens with zero attached hydrogens (tertiary/aromatic N) is 1. The number of amides is 1. The molecule has 6 nitrogen and oxygen atoms in total. The molecule has 3 aromatic carbocycles. The van der Waals surface area contributed by atoms with Crippen molar-refractivity contribution in [2.24, 2.45) is 0 Å². The third kappa shape index (κ3) is 5.03. The Morgan fingerprint density at radius 2 is 1.94 bits per heavy atom. The van der Waals surface area contributed by atoms with Crippen LogP contribution in [0.1, 0.15) is 21.5 Å². The van der Waals surface area contributed by atoms with E-state index in [0.29, 0.717) is 39.1 Å². The molecule has 9 heteroatoms. The van der Waals surface area contributed by atoms with Crippen LogP contribution in [0.15, 0.2) is 57.4 Å². The number of thiocarbonyl (C=S) groups is 1. The van der Waals surface area contributed by atoms with E-state index in [1.807, 2.05) is 38.1 Å². The molecule has 1 heterocycles. The summed E-state index contributed by atoms with van der Waals surface area (Å²) in [5.74, 6) is 0.490. The largest absolute Gasteiger partial charge is 0.496 e. The lowest BCUT2D eigenvalue weighted by Gasteiger charge is -2.14. The molecule has 0 unspecified atom stereocenters. The Labute approximate surface area is 209 Å². The number of aromatic nitrogens is 1. The van der Waals surface area contributed by atoms with Gasteiger partial charge in [0.05, 0.1) is 23.3 Å². The van der Waals surface area contributed by atoms with Gasteiger partial charge in [-0.25, -0.2) is 4.98 Å². The summed E-state index contributed by atoms with van der Waals surface area (Å²) in [7, 11) is 1.52. The molecule has 0 aliphatic rings. The van der Waals surface area contributed by atoms with Crippen molar-refractivity contribution in [3.05, 3.63) is 74.7 Å². The molecule has 0 radical (unpaired) electrons. The Balaban J connectivity index is 1.55. The van der Waals surface area contributed by atoms with E-state index in [4.69, 9.17) is 33.0 Å². The summed E-state index contributed by atoms with van der Waals surface area (Å²) < 4.78 is 12.0. The number of fused-ring (bicyclic) bond motifs is 1. The lowest BCUT2D eigenvalue weighted by atomic mass is 10.1. The first kappa shape index (κ1) is 23.2. The predicted octanol–water partition coefficient (Wildman–Crippen LogP) is 6.66. The molecule has 168 valence electrons. The van der Waals surface area contributed by atoms with Crippen molar-refractivity contribution in [1.82, 2.24) is 10.3 Å². The quantitative estimate of drug-likeness (QED) is 0.280. The van der Waals surface area contributed by atoms with Gasteiger partial charge in [0.2, 0.25) is 5.89 Å². The summed E-state index contributed by atoms with van der Waals surface area (Å²) in [6.45, 7) is 3.85. The molecule has 33 heavy (non-hydrogen) atoms. The highest BCUT2D eigenvalue weighted by molar-refractivity contribution is 9.10. The average molecular weight is 545 g/mol. The van der Waals surface area contributed by atoms with E-state index in [1.165, 1.54) is 7.11 Å². The number of methoxy groups -OCH3 is 1. The maximum atomic E-state index is 12.8. The number of rotatable bonds is 4. The Kier molecular flexibility index (Phi) is 6.69. The van der Waals surface area contributed by atoms with E-state index in [0.717, 1.165) is 21.1 Å². The standard InChI is InChI=1S/C24H19BrClN3O3S/c1-12-4-7-20-19(8-12)28-23(32-20)16-11-15(5-6-18(16)26)27-24(33)29-22(30)17-10-14(25)9-13(2)21(17)31-3/h4-11H,1-3H3,(H2,27,29,30,33). The smallest absolute Gasteiger partial charge is 0.261 e. The predicted molar refractivity (Wildman–Crippen MR) is 138 cm³/mol. The molecule has 4 aromatic rings. The molecule has 2 N–H and O–H groups in total. The maximum absolute atomic E-state index is 12.8. The number of hydrogen-bond acceptors (Lipinski definition) is 5. The highest BCUT2D eigenvalue weighted by Gasteiger charge is 2.18. The van der Waals surface area contributed by atoms with Crippen molar-refractivity contribution in [2.75, 3.05) is 12.4 Å². The van der Waals surface area contributed by atoms with Gasteiger partial charge in [-0.05, 0) is 79.7 Å². The Bertz CT molecular complexity index is 1400. The van der Waals surface area contributed by atoms with E-state index in [1.54, 1.807) is 24.3 Å². The van der Waals surface area contributed by atoms with E-state index in [-0.39, 0.29) is 5.11 Å². The lowest BCUT2D eigenvalue weighted by Crippen LogP contribution is -2.34. The Morgan fingerprint density at radius 3 is 2.70 bits per heavy atom. The third-order valence-corrected chi connectivity index (χ3v) is 5.90. The summed E-state index contributed by atoms with van der Waals surface area (Å²) in [6, 6.07) is 14.6. The van der Waals surface area contributed by atoms with Crippen LogP contribution >= 0.6 is 39.7 Å². The third-order valence-electron chi connectivity index (χ3n) is 4.91. The Morgan fingerprint density at radius 1 is 1.15 bits per heavy atom. The number of oxazole rings is 1. The molecule has 0 bridgehead atoms. The first-order chi connectivity index (χ1) is 15.7. The number of halogens is 2. The van der Waals surface area contributed by atoms with Crippen LogP contribution in [0.4, 0.5) is 5.69 Å². The summed E-state index contributed by atoms with van der Waals surface area (Å²) >= 11 is 15.2. The van der Waals surface area contributed by atoms with E-state index in [9.17, 15) is 4.79 Å². The number of ether oxygens (including phenoxy) is 1. The van der Waals surface area contributed by atoms with Crippen LogP contribution in [0.25, 0.3) is 22.6 Å². The molecule has 1 aromatic heterocycles. The molecular weight excluding hydrogens is 526 g/mol. The second-order valence-corrected chi connectivity index (χ2v) is 9.13. The van der Waals surface area contributed by atoms with E-state index < -0.39 is 5.91 Å². The topological polar surface area (TPSA) is 76.4 Å². The molecule has 0 saturated carbocycles. The summed E-state index contributed by atoms with van der Waals surface area (Å²) in [4.78, 5) is 17.4. The maximum Gasteiger partial charge on any atom is 0.261 e. The molecule has 0 saturated heterocycles. The fourth-order valence-electron chi connectivity index (χ4n) is 3.42. The summed E-state index contributed by atoms with van der Waals surface area (Å²) in [5.41, 5.74) is 4.93. The molecular formula is C24H19BrClN3O3S. The van der Waals surface area contributed by atoms with Gasteiger partial charge in [0.1, 0.15) is 11.3 Å². The first-order valence-corrected chi connectivity index (χ1v) is 11.5. The zero-order chi connectivity index (χ0) is 23.7. The van der Waals surface area contributed by atoms with Gasteiger partial charge in [0.15, 0.2) is 10.7 Å². The number of aryl methyl sites for hydroxylation is 2. The van der Waals surface area contributed by atoms with E-state index >= 15 is 0 Å². The summed E-state index contributed by atoms with van der Waals surface area (Å²) in [6.07, 6.45) is 0. The van der Waals surface area contributed by atoms with Crippen molar-refractivity contribution < 1.29 is 13.9 Å². The highest BCUT2D eigenvalue weighted by atomic mass is 79.9. The van der Waals surface area contributed by atoms with Gasteiger partial charge in [-0.2, -0.15) is 0 Å². The molecule has 0 atom stereocenters. The van der Waals surface area contributed by atoms with Crippen LogP contribution in [0.5, 0.6) is 5.75 Å². The molecule has 1 amide bonds. The molecule has 4 rings (SSSR count). The average Bonchev–Trinajstić information content (AvgIpc) is 3.17. The fourth-order valence-corrected chi connectivity index (χ4v) is 4.40. The van der Waals surface area contributed by atoms with Crippen molar-refractivity contribution in [1.29, 1.82) is 0 Å². The second kappa shape index (κ2) is 9.51. The van der Waals surface area contributed by atoms with E-state index in [2.05, 4.69) is 31.5 Å². The molecule has 0 spiro atoms. The minimum atomic E-state index is -0.391. The fraction of sp³-hybridized carbons (Fsp3) is 0.125. The molecule has 0 aliphatic carbocycles. The van der Waals surface area contributed by atoms with Crippen LogP contribution in [0.3, 0.4) is 0 Å². The van der Waals surface area contributed by atoms with Crippen LogP contribution < -0.4 is 15.4 Å². The van der Waals surface area contributed by atoms with Gasteiger partial charge in [0.25, 0.3) is 5.91 Å². The zero-order valence-electron chi connectivity index (χ0n) is 18.0. The number of hydrogen-bond donors (Lipinski definition) is 2. The zero-order valence-corrected chi connectivity index (χ0v) is 21.1. The summed E-state index contributed by atoms with van der Waals surface area (Å²) in [5, 5.41) is 6.30. The second-order valence-electron chi connectivity index (χ2n) is 7.40. The van der Waals surface area contributed by atoms with Crippen molar-refractivity contribution >= 4 is 67.6 Å². The van der Waals surface area contributed by atoms with Gasteiger partial charge in [0, 0.05) is 10.2 Å². The van der Waals surface area contributed by atoms with Gasteiger partial charge in [-0.1, -0.05) is 33.6 Å². The normalized spacial score (nSPS) is 10.8. The molecule has 0 fully saturated rings. The van der Waals surface area contributed by atoms with Gasteiger partial charge in [-0.15, -0.1) is 0 Å². The van der Waals surface area contributed by atoms with Crippen LogP contribution in [0.2, 0.25) is 5.02 Å². The van der Waals surface area contributed by atoms with Crippen LogP contribution in [0, 0.1) is 13.8 Å². The van der Waals surface area contributed by atoms with Crippen molar-refractivity contribution in [3.8, 4) is 17.2 Å². The minimum Gasteiger partial charge on any atom is -0.496 e. The van der Waals surface area contributed by atoms with Gasteiger partial charge < -0.3 is 14.5 Å². The van der Waals surface area contributed by atoms with Crippen molar-refractivity contribution in [3.63, 3.8) is 0 Å². The monoisotopic (exact) mass is 543 g/mol. The number of nitrogens with one attached hydrogen (secondary N) is 2. The van der Waals surface area contributed by atoms with Crippen molar-refractivity contribution in [2.45, 2.75) is 13.8 Å². The van der Waals surface area contributed by atoms with Gasteiger partial charge in [-0.3, -0.25) is 10.1 Å². The number of carbonyl (C=O) groups is 1. The minimum absolute atomic E-state index is 0.126. The number of anilines is 1. The number of benzene rings is 3. The van der Waals surface area contributed by atoms with Crippen LogP contribution in [-0.4, -0.2) is 23.1 Å². The number of carbonyl (C=O) groups excluding carboxylic acids is 1. The van der Waals surface area contributed by atoms with Crippen LogP contribution in [-0.2, 0) is 0 Å².